The fourth-order valence-corrected chi connectivity index (χ4v) is 2.51. The summed E-state index contributed by atoms with van der Waals surface area (Å²) in [5, 5.41) is 3.09. The van der Waals surface area contributed by atoms with E-state index in [-0.39, 0.29) is 5.75 Å². The number of aromatic nitrogens is 2. The third-order valence-electron chi connectivity index (χ3n) is 3.67. The van der Waals surface area contributed by atoms with Crippen molar-refractivity contribution in [3.63, 3.8) is 0 Å². The number of aryl methyl sites for hydroxylation is 1. The molecular weight excluding hydrogens is 326 g/mol. The van der Waals surface area contributed by atoms with E-state index in [0.29, 0.717) is 11.6 Å². The minimum absolute atomic E-state index is 0.0914. The van der Waals surface area contributed by atoms with Gasteiger partial charge >= 0.3 is 6.61 Å². The van der Waals surface area contributed by atoms with Crippen LogP contribution in [0.4, 0.5) is 26.2 Å². The number of hydrogen-bond donors (Lipinski definition) is 1. The molecular formula is C18H24F2N4O. The second-order valence-corrected chi connectivity index (χ2v) is 5.49. The Bertz CT molecular complexity index is 678. The Labute approximate surface area is 147 Å². The molecule has 0 aliphatic rings. The predicted molar refractivity (Wildman–Crippen MR) is 95.9 cm³/mol. The highest BCUT2D eigenvalue weighted by Gasteiger charge is 2.10. The van der Waals surface area contributed by atoms with E-state index < -0.39 is 6.61 Å². The molecule has 0 saturated carbocycles. The van der Waals surface area contributed by atoms with Gasteiger partial charge in [-0.05, 0) is 32.4 Å². The summed E-state index contributed by atoms with van der Waals surface area (Å²) < 4.78 is 29.2. The van der Waals surface area contributed by atoms with Crippen molar-refractivity contribution in [1.82, 2.24) is 9.97 Å². The van der Waals surface area contributed by atoms with E-state index in [2.05, 4.69) is 45.7 Å². The maximum atomic E-state index is 12.4. The molecule has 2 rings (SSSR count). The van der Waals surface area contributed by atoms with E-state index in [0.717, 1.165) is 37.4 Å². The standard InChI is InChI=1S/C18H24F2N4O/c1-4-8-13-12-16(24(5-2)6-3)23-18(21-13)22-14-9-7-10-15(11-14)25-17(19)20/h7,9-12,17H,4-6,8H2,1-3H3,(H,21,22,23). The molecule has 136 valence electrons. The molecule has 1 aromatic heterocycles. The number of benzene rings is 1. The van der Waals surface area contributed by atoms with E-state index in [1.165, 1.54) is 12.1 Å². The van der Waals surface area contributed by atoms with Gasteiger partial charge < -0.3 is 15.0 Å². The third kappa shape index (κ3) is 5.55. The first-order valence-corrected chi connectivity index (χ1v) is 8.50. The number of nitrogens with one attached hydrogen (secondary N) is 1. The van der Waals surface area contributed by atoms with Crippen molar-refractivity contribution in [1.29, 1.82) is 0 Å². The molecule has 0 atom stereocenters. The summed E-state index contributed by atoms with van der Waals surface area (Å²) in [6, 6.07) is 8.37. The molecule has 1 aromatic carbocycles. The Morgan fingerprint density at radius 2 is 1.88 bits per heavy atom. The first kappa shape index (κ1) is 18.9. The quantitative estimate of drug-likeness (QED) is 0.715. The van der Waals surface area contributed by atoms with Crippen LogP contribution in [-0.2, 0) is 6.42 Å². The van der Waals surface area contributed by atoms with E-state index in [1.807, 2.05) is 6.07 Å². The van der Waals surface area contributed by atoms with Gasteiger partial charge in [-0.2, -0.15) is 13.8 Å². The van der Waals surface area contributed by atoms with Gasteiger partial charge in [0.2, 0.25) is 5.95 Å². The summed E-state index contributed by atoms with van der Waals surface area (Å²) in [7, 11) is 0. The fourth-order valence-electron chi connectivity index (χ4n) is 2.51. The summed E-state index contributed by atoms with van der Waals surface area (Å²) in [6.45, 7) is 5.07. The van der Waals surface area contributed by atoms with Crippen LogP contribution in [0.5, 0.6) is 5.75 Å². The topological polar surface area (TPSA) is 50.3 Å². The first-order valence-electron chi connectivity index (χ1n) is 8.50. The normalized spacial score (nSPS) is 10.8. The van der Waals surface area contributed by atoms with Gasteiger partial charge in [-0.1, -0.05) is 19.4 Å². The number of anilines is 3. The minimum atomic E-state index is -2.85. The zero-order valence-corrected chi connectivity index (χ0v) is 14.8. The molecule has 25 heavy (non-hydrogen) atoms. The molecule has 2 aromatic rings. The zero-order valence-electron chi connectivity index (χ0n) is 14.8. The van der Waals surface area contributed by atoms with Crippen LogP contribution in [0.3, 0.4) is 0 Å². The predicted octanol–water partition coefficient (Wildman–Crippen LogP) is 4.62. The molecule has 5 nitrogen and oxygen atoms in total. The van der Waals surface area contributed by atoms with Crippen LogP contribution in [0.25, 0.3) is 0 Å². The highest BCUT2D eigenvalue weighted by molar-refractivity contribution is 5.57. The number of halogens is 2. The van der Waals surface area contributed by atoms with Crippen LogP contribution in [0.15, 0.2) is 30.3 Å². The van der Waals surface area contributed by atoms with Crippen molar-refractivity contribution in [2.75, 3.05) is 23.3 Å². The monoisotopic (exact) mass is 350 g/mol. The van der Waals surface area contributed by atoms with Crippen molar-refractivity contribution in [2.24, 2.45) is 0 Å². The molecule has 0 spiro atoms. The van der Waals surface area contributed by atoms with Gasteiger partial charge in [-0.15, -0.1) is 0 Å². The van der Waals surface area contributed by atoms with Crippen LogP contribution in [-0.4, -0.2) is 29.7 Å². The summed E-state index contributed by atoms with van der Waals surface area (Å²) in [6.07, 6.45) is 1.83. The fraction of sp³-hybridized carbons (Fsp3) is 0.444. The lowest BCUT2D eigenvalue weighted by atomic mass is 10.2. The van der Waals surface area contributed by atoms with Gasteiger partial charge in [0.15, 0.2) is 0 Å². The number of hydrogen-bond acceptors (Lipinski definition) is 5. The lowest BCUT2D eigenvalue weighted by Gasteiger charge is -2.21. The van der Waals surface area contributed by atoms with E-state index in [1.54, 1.807) is 12.1 Å². The summed E-state index contributed by atoms with van der Waals surface area (Å²) in [5.41, 5.74) is 1.54. The average Bonchev–Trinajstić information content (AvgIpc) is 2.56. The molecule has 0 fully saturated rings. The lowest BCUT2D eigenvalue weighted by molar-refractivity contribution is -0.0497. The molecule has 1 heterocycles. The molecule has 0 unspecified atom stereocenters. The Balaban J connectivity index is 2.28. The van der Waals surface area contributed by atoms with Gasteiger partial charge in [0.25, 0.3) is 0 Å². The van der Waals surface area contributed by atoms with E-state index in [9.17, 15) is 8.78 Å². The van der Waals surface area contributed by atoms with Gasteiger partial charge in [0.1, 0.15) is 11.6 Å². The summed E-state index contributed by atoms with van der Waals surface area (Å²) >= 11 is 0. The number of nitrogens with zero attached hydrogens (tertiary/aromatic N) is 3. The van der Waals surface area contributed by atoms with Crippen molar-refractivity contribution >= 4 is 17.5 Å². The molecule has 0 aliphatic heterocycles. The van der Waals surface area contributed by atoms with Crippen LogP contribution in [0.2, 0.25) is 0 Å². The smallest absolute Gasteiger partial charge is 0.387 e. The lowest BCUT2D eigenvalue weighted by Crippen LogP contribution is -2.23. The van der Waals surface area contributed by atoms with E-state index in [4.69, 9.17) is 0 Å². The molecule has 7 heteroatoms. The van der Waals surface area contributed by atoms with Crippen molar-refractivity contribution in [3.05, 3.63) is 36.0 Å². The third-order valence-corrected chi connectivity index (χ3v) is 3.67. The largest absolute Gasteiger partial charge is 0.435 e. The second-order valence-electron chi connectivity index (χ2n) is 5.49. The molecule has 0 amide bonds. The van der Waals surface area contributed by atoms with Gasteiger partial charge in [0.05, 0.1) is 0 Å². The Hall–Kier alpha value is -2.44. The van der Waals surface area contributed by atoms with Gasteiger partial charge in [-0.25, -0.2) is 4.98 Å². The van der Waals surface area contributed by atoms with Crippen LogP contribution >= 0.6 is 0 Å². The first-order chi connectivity index (χ1) is 12.0. The maximum absolute atomic E-state index is 12.4. The number of ether oxygens (including phenoxy) is 1. The van der Waals surface area contributed by atoms with Crippen LogP contribution in [0, 0.1) is 0 Å². The summed E-state index contributed by atoms with van der Waals surface area (Å²) in [5.74, 6) is 1.39. The maximum Gasteiger partial charge on any atom is 0.387 e. The zero-order chi connectivity index (χ0) is 18.2. The highest BCUT2D eigenvalue weighted by atomic mass is 19.3. The van der Waals surface area contributed by atoms with Crippen molar-refractivity contribution < 1.29 is 13.5 Å². The molecule has 0 radical (unpaired) electrons. The minimum Gasteiger partial charge on any atom is -0.435 e. The van der Waals surface area contributed by atoms with E-state index >= 15 is 0 Å². The highest BCUT2D eigenvalue weighted by Crippen LogP contribution is 2.23. The van der Waals surface area contributed by atoms with Gasteiger partial charge in [-0.3, -0.25) is 0 Å². The van der Waals surface area contributed by atoms with Crippen LogP contribution in [0.1, 0.15) is 32.9 Å². The molecule has 1 N–H and O–H groups in total. The van der Waals surface area contributed by atoms with Crippen molar-refractivity contribution in [2.45, 2.75) is 40.2 Å². The number of alkyl halides is 2. The van der Waals surface area contributed by atoms with Gasteiger partial charge in [0, 0.05) is 36.6 Å². The Kier molecular flexibility index (Phi) is 6.91. The SMILES string of the molecule is CCCc1cc(N(CC)CC)nc(Nc2cccc(OC(F)F)c2)n1. The summed E-state index contributed by atoms with van der Waals surface area (Å²) in [4.78, 5) is 11.2. The average molecular weight is 350 g/mol. The Morgan fingerprint density at radius 3 is 2.52 bits per heavy atom. The molecule has 0 aliphatic carbocycles. The second kappa shape index (κ2) is 9.15. The van der Waals surface area contributed by atoms with Crippen LogP contribution < -0.4 is 15.0 Å². The molecule has 0 saturated heterocycles. The van der Waals surface area contributed by atoms with Crippen molar-refractivity contribution in [3.8, 4) is 5.75 Å². The molecule has 0 bridgehead atoms. The number of rotatable bonds is 9. The Morgan fingerprint density at radius 1 is 1.12 bits per heavy atom.